The predicted octanol–water partition coefficient (Wildman–Crippen LogP) is 5.67. The number of nitrogens with one attached hydrogen (secondary N) is 2. The summed E-state index contributed by atoms with van der Waals surface area (Å²) in [5.41, 5.74) is 0.240. The number of sulfonamides is 1. The number of carbonyl (C=O) groups excluding carboxylic acids is 1. The molecule has 3 N–H and O–H groups in total. The van der Waals surface area contributed by atoms with E-state index in [2.05, 4.69) is 10.0 Å². The summed E-state index contributed by atoms with van der Waals surface area (Å²) in [6, 6.07) is 13.6. The number of hydrogen-bond acceptors (Lipinski definition) is 4. The van der Waals surface area contributed by atoms with Gasteiger partial charge in [0.15, 0.2) is 0 Å². The quantitative estimate of drug-likeness (QED) is 0.332. The van der Waals surface area contributed by atoms with Gasteiger partial charge in [0.25, 0.3) is 15.9 Å². The summed E-state index contributed by atoms with van der Waals surface area (Å²) in [7, 11) is -4.37. The predicted molar refractivity (Wildman–Crippen MR) is 133 cm³/mol. The average Bonchev–Trinajstić information content (AvgIpc) is 2.81. The zero-order valence-electron chi connectivity index (χ0n) is 19.5. The summed E-state index contributed by atoms with van der Waals surface area (Å²) in [4.78, 5) is 23.2. The molecule has 3 aromatic carbocycles. The molecule has 0 bridgehead atoms. The highest BCUT2D eigenvalue weighted by Crippen LogP contribution is 2.36. The monoisotopic (exact) mass is 554 g/mol. The van der Waals surface area contributed by atoms with Gasteiger partial charge in [0, 0.05) is 11.3 Å². The molecule has 0 aliphatic heterocycles. The summed E-state index contributed by atoms with van der Waals surface area (Å²) in [5, 5.41) is 11.1. The van der Waals surface area contributed by atoms with Crippen molar-refractivity contribution in [2.45, 2.75) is 31.0 Å². The van der Waals surface area contributed by atoms with Crippen molar-refractivity contribution in [3.05, 3.63) is 82.9 Å². The Morgan fingerprint density at radius 2 is 1.59 bits per heavy atom. The molecule has 37 heavy (non-hydrogen) atoms. The minimum atomic E-state index is -4.82. The van der Waals surface area contributed by atoms with Crippen molar-refractivity contribution in [1.29, 1.82) is 0 Å². The molecule has 12 heteroatoms. The standard InChI is InChI=1S/C25H22ClF3N2O5S/c1-14(2)22(24(33)34)30-23(32)16-8-6-15(7-9-16)17-4-3-5-18(12-17)31-37(35,36)19-10-11-21(26)20(13-19)25(27,28)29/h3-14,22,31H,1-2H3,(H,30,32)(H,33,34)/t22-/m0/s1. The Balaban J connectivity index is 1.81. The molecular formula is C25H22ClF3N2O5S. The molecule has 0 radical (unpaired) electrons. The lowest BCUT2D eigenvalue weighted by atomic mass is 10.0. The van der Waals surface area contributed by atoms with Gasteiger partial charge in [0.1, 0.15) is 6.04 Å². The molecule has 0 fully saturated rings. The number of carbonyl (C=O) groups is 2. The largest absolute Gasteiger partial charge is 0.480 e. The lowest BCUT2D eigenvalue weighted by Crippen LogP contribution is -2.44. The van der Waals surface area contributed by atoms with Crippen LogP contribution in [0, 0.1) is 5.92 Å². The lowest BCUT2D eigenvalue weighted by Gasteiger charge is -2.18. The number of carboxylic acid groups (broad SMARTS) is 1. The molecular weight excluding hydrogens is 533 g/mol. The summed E-state index contributed by atoms with van der Waals surface area (Å²) < 4.78 is 67.2. The first-order valence-corrected chi connectivity index (χ1v) is 12.7. The van der Waals surface area contributed by atoms with Gasteiger partial charge in [-0.15, -0.1) is 0 Å². The summed E-state index contributed by atoms with van der Waals surface area (Å²) in [6.45, 7) is 3.34. The molecule has 7 nitrogen and oxygen atoms in total. The minimum absolute atomic E-state index is 0.101. The van der Waals surface area contributed by atoms with Gasteiger partial charge in [-0.1, -0.05) is 49.7 Å². The number of hydrogen-bond donors (Lipinski definition) is 3. The van der Waals surface area contributed by atoms with Gasteiger partial charge in [0.2, 0.25) is 0 Å². The second-order valence-electron chi connectivity index (χ2n) is 8.44. The van der Waals surface area contributed by atoms with E-state index in [1.54, 1.807) is 38.1 Å². The Morgan fingerprint density at radius 1 is 0.946 bits per heavy atom. The maximum Gasteiger partial charge on any atom is 0.417 e. The van der Waals surface area contributed by atoms with Crippen molar-refractivity contribution in [1.82, 2.24) is 5.32 Å². The fraction of sp³-hybridized carbons (Fsp3) is 0.200. The van der Waals surface area contributed by atoms with Crippen molar-refractivity contribution >= 4 is 39.2 Å². The summed E-state index contributed by atoms with van der Waals surface area (Å²) in [5.74, 6) is -2.03. The smallest absolute Gasteiger partial charge is 0.417 e. The Morgan fingerprint density at radius 3 is 2.16 bits per heavy atom. The zero-order valence-corrected chi connectivity index (χ0v) is 21.1. The Bertz CT molecular complexity index is 1420. The average molecular weight is 555 g/mol. The van der Waals surface area contributed by atoms with Crippen LogP contribution in [-0.4, -0.2) is 31.4 Å². The highest BCUT2D eigenvalue weighted by Gasteiger charge is 2.34. The third-order valence-electron chi connectivity index (χ3n) is 5.37. The van der Waals surface area contributed by atoms with Gasteiger partial charge in [-0.25, -0.2) is 13.2 Å². The van der Waals surface area contributed by atoms with E-state index in [0.717, 1.165) is 12.1 Å². The molecule has 196 valence electrons. The highest BCUT2D eigenvalue weighted by molar-refractivity contribution is 7.92. The first-order chi connectivity index (χ1) is 17.2. The maximum absolute atomic E-state index is 13.1. The van der Waals surface area contributed by atoms with E-state index < -0.39 is 49.6 Å². The second kappa shape index (κ2) is 10.8. The van der Waals surface area contributed by atoms with Gasteiger partial charge >= 0.3 is 12.1 Å². The van der Waals surface area contributed by atoms with E-state index in [1.165, 1.54) is 24.3 Å². The SMILES string of the molecule is CC(C)[C@H](NC(=O)c1ccc(-c2cccc(NS(=O)(=O)c3ccc(Cl)c(C(F)(F)F)c3)c2)cc1)C(=O)O. The van der Waals surface area contributed by atoms with E-state index in [0.29, 0.717) is 17.2 Å². The number of alkyl halides is 3. The molecule has 0 heterocycles. The molecule has 3 rings (SSSR count). The van der Waals surface area contributed by atoms with Crippen molar-refractivity contribution in [3.63, 3.8) is 0 Å². The maximum atomic E-state index is 13.1. The van der Waals surface area contributed by atoms with E-state index in [1.807, 2.05) is 0 Å². The number of anilines is 1. The fourth-order valence-corrected chi connectivity index (χ4v) is 4.72. The number of benzene rings is 3. The molecule has 0 saturated carbocycles. The molecule has 0 aliphatic rings. The first kappa shape index (κ1) is 28.0. The summed E-state index contributed by atoms with van der Waals surface area (Å²) >= 11 is 5.58. The van der Waals surface area contributed by atoms with Crippen LogP contribution in [0.25, 0.3) is 11.1 Å². The molecule has 0 unspecified atom stereocenters. The van der Waals surface area contributed by atoms with E-state index >= 15 is 0 Å². The van der Waals surface area contributed by atoms with Crippen molar-refractivity contribution in [2.75, 3.05) is 4.72 Å². The molecule has 0 aliphatic carbocycles. The number of halogens is 4. The van der Waals surface area contributed by atoms with Gasteiger partial charge < -0.3 is 10.4 Å². The zero-order chi connectivity index (χ0) is 27.5. The number of amides is 1. The van der Waals surface area contributed by atoms with Crippen LogP contribution < -0.4 is 10.0 Å². The van der Waals surface area contributed by atoms with Crippen LogP contribution >= 0.6 is 11.6 Å². The number of carboxylic acids is 1. The Kier molecular flexibility index (Phi) is 8.19. The van der Waals surface area contributed by atoms with Crippen molar-refractivity contribution < 1.29 is 36.3 Å². The molecule has 1 amide bonds. The molecule has 3 aromatic rings. The molecule has 0 spiro atoms. The van der Waals surface area contributed by atoms with Gasteiger partial charge in [0.05, 0.1) is 15.5 Å². The second-order valence-corrected chi connectivity index (χ2v) is 10.5. The lowest BCUT2D eigenvalue weighted by molar-refractivity contribution is -0.140. The fourth-order valence-electron chi connectivity index (χ4n) is 3.42. The van der Waals surface area contributed by atoms with Gasteiger partial charge in [-0.2, -0.15) is 13.2 Å². The highest BCUT2D eigenvalue weighted by atomic mass is 35.5. The molecule has 0 aromatic heterocycles. The van der Waals surface area contributed by atoms with Crippen LogP contribution in [0.4, 0.5) is 18.9 Å². The van der Waals surface area contributed by atoms with Crippen LogP contribution in [0.1, 0.15) is 29.8 Å². The Hall–Kier alpha value is -3.57. The van der Waals surface area contributed by atoms with Crippen molar-refractivity contribution in [2.24, 2.45) is 5.92 Å². The van der Waals surface area contributed by atoms with Crippen LogP contribution in [0.2, 0.25) is 5.02 Å². The first-order valence-electron chi connectivity index (χ1n) is 10.8. The summed E-state index contributed by atoms with van der Waals surface area (Å²) in [6.07, 6.45) is -4.82. The minimum Gasteiger partial charge on any atom is -0.480 e. The van der Waals surface area contributed by atoms with Gasteiger partial charge in [-0.05, 0) is 59.5 Å². The third-order valence-corrected chi connectivity index (χ3v) is 7.08. The molecule has 0 saturated heterocycles. The number of aliphatic carboxylic acids is 1. The van der Waals surface area contributed by atoms with Gasteiger partial charge in [-0.3, -0.25) is 9.52 Å². The van der Waals surface area contributed by atoms with Crippen LogP contribution in [-0.2, 0) is 21.0 Å². The van der Waals surface area contributed by atoms with Crippen LogP contribution in [0.5, 0.6) is 0 Å². The third kappa shape index (κ3) is 6.80. The van der Waals surface area contributed by atoms with Crippen LogP contribution in [0.3, 0.4) is 0 Å². The van der Waals surface area contributed by atoms with E-state index in [4.69, 9.17) is 11.6 Å². The number of rotatable bonds is 8. The topological polar surface area (TPSA) is 113 Å². The van der Waals surface area contributed by atoms with E-state index in [-0.39, 0.29) is 17.2 Å². The molecule has 1 atom stereocenters. The Labute approximate surface area is 216 Å². The van der Waals surface area contributed by atoms with E-state index in [9.17, 15) is 36.3 Å². The van der Waals surface area contributed by atoms with Crippen LogP contribution in [0.15, 0.2) is 71.6 Å². The normalized spacial score (nSPS) is 12.7. The van der Waals surface area contributed by atoms with Crippen molar-refractivity contribution in [3.8, 4) is 11.1 Å².